The van der Waals surface area contributed by atoms with Gasteiger partial charge in [0.25, 0.3) is 11.5 Å². The van der Waals surface area contributed by atoms with E-state index in [2.05, 4.69) is 0 Å². The maximum Gasteiger partial charge on any atom is 0.271 e. The monoisotopic (exact) mass is 459 g/mol. The summed E-state index contributed by atoms with van der Waals surface area (Å²) in [6, 6.07) is 8.62. The van der Waals surface area contributed by atoms with Gasteiger partial charge >= 0.3 is 0 Å². The average molecular weight is 460 g/mol. The third-order valence-electron chi connectivity index (χ3n) is 4.54. The number of nitriles is 1. The molecular weight excluding hydrogens is 446 g/mol. The number of hydrogen-bond donors (Lipinski definition) is 1. The number of carbonyl (C=O) groups excluding carboxylic acids is 2. The Balaban J connectivity index is 1.91. The number of thiocarbonyl (C=S) groups is 1. The average Bonchev–Trinajstić information content (AvgIpc) is 2.96. The second kappa shape index (κ2) is 8.44. The SMILES string of the molecule is Cc1c(C(=O)CN2C(=O)/C(=C/c3ccc(Cl)cc3)SC2=S)c(O)n(C)c(=O)c1C#N. The second-order valence-electron chi connectivity index (χ2n) is 6.42. The number of rotatable bonds is 4. The quantitative estimate of drug-likeness (QED) is 0.425. The molecule has 1 saturated heterocycles. The van der Waals surface area contributed by atoms with E-state index in [1.807, 2.05) is 0 Å². The molecule has 1 aliphatic heterocycles. The van der Waals surface area contributed by atoms with Gasteiger partial charge in [0.15, 0.2) is 5.78 Å². The fourth-order valence-electron chi connectivity index (χ4n) is 2.92. The van der Waals surface area contributed by atoms with Crippen molar-refractivity contribution in [3.8, 4) is 11.9 Å². The Kier molecular flexibility index (Phi) is 6.12. The van der Waals surface area contributed by atoms with E-state index in [0.29, 0.717) is 9.93 Å². The molecule has 1 amide bonds. The number of nitrogens with zero attached hydrogens (tertiary/aromatic N) is 3. The summed E-state index contributed by atoms with van der Waals surface area (Å²) >= 11 is 12.2. The van der Waals surface area contributed by atoms with Crippen LogP contribution in [0.15, 0.2) is 34.0 Å². The normalized spacial score (nSPS) is 15.0. The Hall–Kier alpha value is -2.93. The molecule has 0 spiro atoms. The number of hydrogen-bond acceptors (Lipinski definition) is 7. The number of Topliss-reactive ketones (excluding diaryl/α,β-unsaturated/α-hetero) is 1. The van der Waals surface area contributed by atoms with Crippen molar-refractivity contribution in [2.75, 3.05) is 6.54 Å². The van der Waals surface area contributed by atoms with Crippen molar-refractivity contribution in [3.05, 3.63) is 66.8 Å². The van der Waals surface area contributed by atoms with E-state index in [1.165, 1.54) is 14.0 Å². The highest BCUT2D eigenvalue weighted by Gasteiger charge is 2.35. The molecule has 1 aliphatic rings. The van der Waals surface area contributed by atoms with Crippen LogP contribution in [-0.4, -0.2) is 37.1 Å². The number of halogens is 1. The Morgan fingerprint density at radius 2 is 1.97 bits per heavy atom. The molecule has 1 aromatic carbocycles. The first-order valence-corrected chi connectivity index (χ1v) is 10.1. The van der Waals surface area contributed by atoms with E-state index >= 15 is 0 Å². The summed E-state index contributed by atoms with van der Waals surface area (Å²) in [5, 5.41) is 20.1. The van der Waals surface area contributed by atoms with Crippen LogP contribution >= 0.6 is 35.6 Å². The van der Waals surface area contributed by atoms with Crippen LogP contribution in [0, 0.1) is 18.3 Å². The molecule has 0 bridgehead atoms. The van der Waals surface area contributed by atoms with Crippen LogP contribution in [0.2, 0.25) is 5.02 Å². The van der Waals surface area contributed by atoms with Gasteiger partial charge in [-0.05, 0) is 36.3 Å². The molecule has 1 N–H and O–H groups in total. The standard InChI is InChI=1S/C20H14ClN3O4S2/c1-10-13(8-22)17(26)23(2)19(28)16(10)14(25)9-24-18(27)15(30-20(24)29)7-11-3-5-12(21)6-4-11/h3-7,28H,9H2,1-2H3/b15-7-. The number of amides is 1. The van der Waals surface area contributed by atoms with Gasteiger partial charge < -0.3 is 5.11 Å². The summed E-state index contributed by atoms with van der Waals surface area (Å²) in [6.07, 6.45) is 1.64. The van der Waals surface area contributed by atoms with Crippen molar-refractivity contribution in [1.29, 1.82) is 5.26 Å². The number of thioether (sulfide) groups is 1. The number of aromatic hydroxyl groups is 1. The van der Waals surface area contributed by atoms with E-state index in [-0.39, 0.29) is 21.0 Å². The molecule has 0 aliphatic carbocycles. The smallest absolute Gasteiger partial charge is 0.271 e. The molecule has 0 unspecified atom stereocenters. The number of pyridine rings is 1. The molecule has 3 rings (SSSR count). The summed E-state index contributed by atoms with van der Waals surface area (Å²) in [5.74, 6) is -1.65. The van der Waals surface area contributed by atoms with Gasteiger partial charge in [-0.3, -0.25) is 23.9 Å². The molecular formula is C20H14ClN3O4S2. The van der Waals surface area contributed by atoms with Crippen molar-refractivity contribution < 1.29 is 14.7 Å². The first-order valence-electron chi connectivity index (χ1n) is 8.52. The van der Waals surface area contributed by atoms with Gasteiger partial charge in [0.1, 0.15) is 16.0 Å². The lowest BCUT2D eigenvalue weighted by Gasteiger charge is -2.16. The fourth-order valence-corrected chi connectivity index (χ4v) is 4.30. The van der Waals surface area contributed by atoms with Gasteiger partial charge in [-0.1, -0.05) is 47.7 Å². The van der Waals surface area contributed by atoms with E-state index in [9.17, 15) is 24.8 Å². The lowest BCUT2D eigenvalue weighted by molar-refractivity contribution is -0.121. The minimum Gasteiger partial charge on any atom is -0.494 e. The molecule has 1 fully saturated rings. The number of ketones is 1. The van der Waals surface area contributed by atoms with Crippen LogP contribution in [0.1, 0.15) is 27.0 Å². The number of carbonyl (C=O) groups is 2. The highest BCUT2D eigenvalue weighted by atomic mass is 35.5. The van der Waals surface area contributed by atoms with Gasteiger partial charge in [0.05, 0.1) is 17.0 Å². The highest BCUT2D eigenvalue weighted by molar-refractivity contribution is 8.26. The van der Waals surface area contributed by atoms with E-state index in [1.54, 1.807) is 36.4 Å². The first kappa shape index (κ1) is 21.8. The van der Waals surface area contributed by atoms with Crippen LogP contribution in [0.4, 0.5) is 0 Å². The van der Waals surface area contributed by atoms with Crippen LogP contribution in [-0.2, 0) is 11.8 Å². The van der Waals surface area contributed by atoms with Crippen LogP contribution in [0.3, 0.4) is 0 Å². The minimum absolute atomic E-state index is 0.0604. The van der Waals surface area contributed by atoms with Crippen molar-refractivity contribution >= 4 is 57.7 Å². The van der Waals surface area contributed by atoms with Gasteiger partial charge in [-0.15, -0.1) is 0 Å². The summed E-state index contributed by atoms with van der Waals surface area (Å²) in [4.78, 5) is 39.2. The topological polar surface area (TPSA) is 103 Å². The van der Waals surface area contributed by atoms with Crippen molar-refractivity contribution in [3.63, 3.8) is 0 Å². The molecule has 7 nitrogen and oxygen atoms in total. The Morgan fingerprint density at radius 3 is 2.57 bits per heavy atom. The fraction of sp³-hybridized carbons (Fsp3) is 0.150. The maximum atomic E-state index is 12.9. The zero-order valence-corrected chi connectivity index (χ0v) is 18.2. The zero-order chi connectivity index (χ0) is 22.2. The first-order chi connectivity index (χ1) is 14.1. The van der Waals surface area contributed by atoms with E-state index in [4.69, 9.17) is 23.8 Å². The van der Waals surface area contributed by atoms with Crippen LogP contribution in [0.25, 0.3) is 6.08 Å². The van der Waals surface area contributed by atoms with Gasteiger partial charge in [-0.2, -0.15) is 5.26 Å². The predicted octanol–water partition coefficient (Wildman–Crippen LogP) is 3.01. The molecule has 10 heteroatoms. The molecule has 0 radical (unpaired) electrons. The van der Waals surface area contributed by atoms with Crippen LogP contribution in [0.5, 0.6) is 5.88 Å². The predicted molar refractivity (Wildman–Crippen MR) is 118 cm³/mol. The van der Waals surface area contributed by atoms with Crippen molar-refractivity contribution in [2.45, 2.75) is 6.92 Å². The molecule has 152 valence electrons. The highest BCUT2D eigenvalue weighted by Crippen LogP contribution is 2.33. The molecule has 2 heterocycles. The molecule has 0 atom stereocenters. The molecule has 2 aromatic rings. The zero-order valence-electron chi connectivity index (χ0n) is 15.8. The van der Waals surface area contributed by atoms with Crippen molar-refractivity contribution in [2.24, 2.45) is 7.05 Å². The number of benzene rings is 1. The third-order valence-corrected chi connectivity index (χ3v) is 6.17. The van der Waals surface area contributed by atoms with Gasteiger partial charge in [-0.25, -0.2) is 0 Å². The largest absolute Gasteiger partial charge is 0.494 e. The third kappa shape index (κ3) is 3.89. The molecule has 1 aromatic heterocycles. The summed E-state index contributed by atoms with van der Waals surface area (Å²) in [6.45, 7) is 0.970. The van der Waals surface area contributed by atoms with Crippen LogP contribution < -0.4 is 5.56 Å². The Labute approximate surface area is 186 Å². The van der Waals surface area contributed by atoms with Crippen molar-refractivity contribution in [1.82, 2.24) is 9.47 Å². The molecule has 0 saturated carbocycles. The summed E-state index contributed by atoms with van der Waals surface area (Å²) < 4.78 is 1.01. The molecule has 30 heavy (non-hydrogen) atoms. The second-order valence-corrected chi connectivity index (χ2v) is 8.53. The number of aromatic nitrogens is 1. The Morgan fingerprint density at radius 1 is 1.33 bits per heavy atom. The summed E-state index contributed by atoms with van der Waals surface area (Å²) in [5.41, 5.74) is -0.335. The van der Waals surface area contributed by atoms with Gasteiger partial charge in [0.2, 0.25) is 5.88 Å². The summed E-state index contributed by atoms with van der Waals surface area (Å²) in [7, 11) is 1.25. The van der Waals surface area contributed by atoms with E-state index in [0.717, 1.165) is 26.8 Å². The lowest BCUT2D eigenvalue weighted by Crippen LogP contribution is -2.35. The van der Waals surface area contributed by atoms with Gasteiger partial charge in [0, 0.05) is 12.1 Å². The lowest BCUT2D eigenvalue weighted by atomic mass is 10.0. The Bertz CT molecular complexity index is 1230. The minimum atomic E-state index is -0.708. The van der Waals surface area contributed by atoms with E-state index < -0.39 is 29.7 Å². The maximum absolute atomic E-state index is 12.9.